The zero-order valence-corrected chi connectivity index (χ0v) is 15.7. The van der Waals surface area contributed by atoms with Crippen molar-refractivity contribution >= 4 is 11.9 Å². The van der Waals surface area contributed by atoms with Crippen LogP contribution in [-0.4, -0.2) is 86.0 Å². The van der Waals surface area contributed by atoms with Gasteiger partial charge in [-0.1, -0.05) is 25.2 Å². The maximum Gasteiger partial charge on any atom is 0.336 e. The van der Waals surface area contributed by atoms with Gasteiger partial charge in [-0.25, -0.2) is 4.79 Å². The van der Waals surface area contributed by atoms with Gasteiger partial charge in [0, 0.05) is 5.57 Å². The Bertz CT molecular complexity index is 585. The molecule has 0 unspecified atom stereocenters. The van der Waals surface area contributed by atoms with Crippen LogP contribution in [0.25, 0.3) is 0 Å². The van der Waals surface area contributed by atoms with Crippen LogP contribution in [0, 0.1) is 5.92 Å². The van der Waals surface area contributed by atoms with Crippen LogP contribution in [0.1, 0.15) is 26.7 Å². The number of aliphatic carboxylic acids is 1. The standard InChI is InChI=1S/C18H28O10/c1-9(11(20)7-13(21)22)5-3-4-6-10(2)17(26)28-18-16(25)15(24)14(23)12(8-19)27-18/h3-4,6,9,11-12,14-16,18-20,23-25H,5,7-8H2,1-2H3,(H,21,22)/b4-3+,10-6+/t9-,11-,12+,14+,15-,16+,18-/m0/s1. The quantitative estimate of drug-likeness (QED) is 0.154. The van der Waals surface area contributed by atoms with Crippen molar-refractivity contribution in [3.63, 3.8) is 0 Å². The van der Waals surface area contributed by atoms with Crippen LogP contribution in [-0.2, 0) is 19.1 Å². The molecule has 0 radical (unpaired) electrons. The third-order valence-electron chi connectivity index (χ3n) is 4.42. The summed E-state index contributed by atoms with van der Waals surface area (Å²) >= 11 is 0. The van der Waals surface area contributed by atoms with Gasteiger partial charge in [0.15, 0.2) is 0 Å². The van der Waals surface area contributed by atoms with Gasteiger partial charge in [0.25, 0.3) is 0 Å². The molecule has 1 aliphatic heterocycles. The Kier molecular flexibility index (Phi) is 9.73. The first-order valence-corrected chi connectivity index (χ1v) is 8.83. The first-order chi connectivity index (χ1) is 13.1. The minimum absolute atomic E-state index is 0.145. The number of rotatable bonds is 9. The molecular weight excluding hydrogens is 376 g/mol. The molecule has 0 aromatic carbocycles. The number of hydrogen-bond acceptors (Lipinski definition) is 9. The topological polar surface area (TPSA) is 174 Å². The van der Waals surface area contributed by atoms with Gasteiger partial charge >= 0.3 is 11.9 Å². The van der Waals surface area contributed by atoms with E-state index in [-0.39, 0.29) is 17.9 Å². The summed E-state index contributed by atoms with van der Waals surface area (Å²) in [6.07, 6.45) is -3.95. The fourth-order valence-electron chi connectivity index (χ4n) is 2.47. The molecule has 6 N–H and O–H groups in total. The summed E-state index contributed by atoms with van der Waals surface area (Å²) in [5.41, 5.74) is 0.145. The highest BCUT2D eigenvalue weighted by Gasteiger charge is 2.45. The number of carboxylic acid groups (broad SMARTS) is 1. The van der Waals surface area contributed by atoms with E-state index in [0.717, 1.165) is 0 Å². The number of carboxylic acids is 1. The summed E-state index contributed by atoms with van der Waals surface area (Å²) in [4.78, 5) is 22.6. The number of allylic oxidation sites excluding steroid dienone is 3. The molecule has 0 aromatic heterocycles. The molecule has 1 heterocycles. The predicted octanol–water partition coefficient (Wildman–Crippen LogP) is -1.31. The molecule has 1 rings (SSSR count). The van der Waals surface area contributed by atoms with Crippen LogP contribution in [0.4, 0.5) is 0 Å². The first kappa shape index (κ1) is 24.2. The van der Waals surface area contributed by atoms with E-state index in [2.05, 4.69) is 0 Å². The highest BCUT2D eigenvalue weighted by Crippen LogP contribution is 2.22. The van der Waals surface area contributed by atoms with E-state index in [4.69, 9.17) is 19.7 Å². The molecule has 0 amide bonds. The number of carbonyl (C=O) groups is 2. The SMILES string of the molecule is C/C(=C\C=C\C[C@H](C)[C@@H](O)CC(=O)O)C(=O)O[C@@H]1O[C@H](CO)[C@@H](O)[C@H](O)[C@H]1O. The number of aliphatic hydroxyl groups is 5. The second-order valence-corrected chi connectivity index (χ2v) is 6.76. The van der Waals surface area contributed by atoms with Gasteiger partial charge < -0.3 is 40.1 Å². The third-order valence-corrected chi connectivity index (χ3v) is 4.42. The summed E-state index contributed by atoms with van der Waals surface area (Å²) in [7, 11) is 0. The van der Waals surface area contributed by atoms with E-state index in [0.29, 0.717) is 6.42 Å². The molecule has 0 saturated carbocycles. The highest BCUT2D eigenvalue weighted by atomic mass is 16.7. The second-order valence-electron chi connectivity index (χ2n) is 6.76. The van der Waals surface area contributed by atoms with Crippen LogP contribution in [0.15, 0.2) is 23.8 Å². The normalized spacial score (nSPS) is 30.8. The monoisotopic (exact) mass is 404 g/mol. The number of carbonyl (C=O) groups excluding carboxylic acids is 1. The summed E-state index contributed by atoms with van der Waals surface area (Å²) in [6.45, 7) is 2.50. The molecule has 10 heteroatoms. The molecule has 0 bridgehead atoms. The molecule has 10 nitrogen and oxygen atoms in total. The fourth-order valence-corrected chi connectivity index (χ4v) is 2.47. The van der Waals surface area contributed by atoms with Gasteiger partial charge in [-0.2, -0.15) is 0 Å². The maximum absolute atomic E-state index is 12.1. The van der Waals surface area contributed by atoms with Gasteiger partial charge in [-0.15, -0.1) is 0 Å². The van der Waals surface area contributed by atoms with Gasteiger partial charge in [0.05, 0.1) is 19.1 Å². The Morgan fingerprint density at radius 3 is 2.39 bits per heavy atom. The minimum Gasteiger partial charge on any atom is -0.481 e. The Labute approximate surface area is 162 Å². The molecule has 1 saturated heterocycles. The lowest BCUT2D eigenvalue weighted by molar-refractivity contribution is -0.291. The summed E-state index contributed by atoms with van der Waals surface area (Å²) in [5.74, 6) is -2.22. The van der Waals surface area contributed by atoms with Crippen LogP contribution in [0.3, 0.4) is 0 Å². The van der Waals surface area contributed by atoms with Crippen molar-refractivity contribution in [3.05, 3.63) is 23.8 Å². The molecule has 28 heavy (non-hydrogen) atoms. The lowest BCUT2D eigenvalue weighted by Crippen LogP contribution is -2.59. The van der Waals surface area contributed by atoms with Crippen LogP contribution < -0.4 is 0 Å². The van der Waals surface area contributed by atoms with E-state index < -0.39 is 55.4 Å². The molecule has 1 fully saturated rings. The molecule has 0 aromatic rings. The average molecular weight is 404 g/mol. The number of hydrogen-bond donors (Lipinski definition) is 6. The minimum atomic E-state index is -1.68. The average Bonchev–Trinajstić information content (AvgIpc) is 2.64. The lowest BCUT2D eigenvalue weighted by atomic mass is 9.98. The van der Waals surface area contributed by atoms with Crippen LogP contribution in [0.2, 0.25) is 0 Å². The Hall–Kier alpha value is -1.82. The smallest absolute Gasteiger partial charge is 0.336 e. The lowest BCUT2D eigenvalue weighted by Gasteiger charge is -2.39. The van der Waals surface area contributed by atoms with Crippen LogP contribution in [0.5, 0.6) is 0 Å². The molecule has 160 valence electrons. The molecule has 7 atom stereocenters. The fraction of sp³-hybridized carbons (Fsp3) is 0.667. The summed E-state index contributed by atoms with van der Waals surface area (Å²) in [6, 6.07) is 0. The molecule has 0 spiro atoms. The van der Waals surface area contributed by atoms with E-state index in [1.54, 1.807) is 13.0 Å². The summed E-state index contributed by atoms with van der Waals surface area (Å²) < 4.78 is 10.1. The number of ether oxygens (including phenoxy) is 2. The first-order valence-electron chi connectivity index (χ1n) is 8.83. The molecular formula is C18H28O10. The number of esters is 1. The van der Waals surface area contributed by atoms with Crippen molar-refractivity contribution in [2.45, 2.75) is 63.5 Å². The van der Waals surface area contributed by atoms with Gasteiger partial charge in [-0.05, 0) is 19.3 Å². The van der Waals surface area contributed by atoms with Crippen molar-refractivity contribution in [1.29, 1.82) is 0 Å². The Balaban J connectivity index is 2.58. The van der Waals surface area contributed by atoms with E-state index in [1.807, 2.05) is 0 Å². The maximum atomic E-state index is 12.1. The highest BCUT2D eigenvalue weighted by molar-refractivity contribution is 5.88. The van der Waals surface area contributed by atoms with Gasteiger partial charge in [0.2, 0.25) is 6.29 Å². The zero-order valence-electron chi connectivity index (χ0n) is 15.7. The van der Waals surface area contributed by atoms with Crippen LogP contribution >= 0.6 is 0 Å². The van der Waals surface area contributed by atoms with Crippen molar-refractivity contribution in [3.8, 4) is 0 Å². The van der Waals surface area contributed by atoms with E-state index >= 15 is 0 Å². The van der Waals surface area contributed by atoms with Gasteiger partial charge in [-0.3, -0.25) is 4.79 Å². The zero-order chi connectivity index (χ0) is 21.4. The largest absolute Gasteiger partial charge is 0.481 e. The Morgan fingerprint density at radius 1 is 1.18 bits per heavy atom. The second kappa shape index (κ2) is 11.2. The van der Waals surface area contributed by atoms with Crippen molar-refractivity contribution in [2.24, 2.45) is 5.92 Å². The molecule has 1 aliphatic rings. The van der Waals surface area contributed by atoms with Crippen molar-refractivity contribution in [2.75, 3.05) is 6.61 Å². The Morgan fingerprint density at radius 2 is 1.82 bits per heavy atom. The van der Waals surface area contributed by atoms with E-state index in [1.165, 1.54) is 19.1 Å². The van der Waals surface area contributed by atoms with Gasteiger partial charge in [0.1, 0.15) is 24.4 Å². The van der Waals surface area contributed by atoms with Crippen molar-refractivity contribution < 1.29 is 49.7 Å². The van der Waals surface area contributed by atoms with Crippen molar-refractivity contribution in [1.82, 2.24) is 0 Å². The number of aliphatic hydroxyl groups excluding tert-OH is 5. The predicted molar refractivity (Wildman–Crippen MR) is 94.8 cm³/mol. The molecule has 0 aliphatic carbocycles. The third kappa shape index (κ3) is 6.97. The summed E-state index contributed by atoms with van der Waals surface area (Å²) in [5, 5.41) is 56.6. The van der Waals surface area contributed by atoms with E-state index in [9.17, 15) is 30.0 Å².